The highest BCUT2D eigenvalue weighted by Crippen LogP contribution is 2.18. The summed E-state index contributed by atoms with van der Waals surface area (Å²) in [5.74, 6) is 0. The molecule has 0 fully saturated rings. The number of pyridine rings is 2. The fourth-order valence-electron chi connectivity index (χ4n) is 2.08. The molecule has 3 nitrogen and oxygen atoms in total. The largest absolute Gasteiger partial charge is 0.298 e. The average molecular weight is 211 g/mol. The molecule has 0 aliphatic rings. The quantitative estimate of drug-likeness (QED) is 0.619. The van der Waals surface area contributed by atoms with Crippen molar-refractivity contribution in [2.45, 2.75) is 20.3 Å². The average Bonchev–Trinajstić information content (AvgIpc) is 2.66. The second-order valence-corrected chi connectivity index (χ2v) is 3.99. The third-order valence-electron chi connectivity index (χ3n) is 2.93. The van der Waals surface area contributed by atoms with Gasteiger partial charge in [-0.3, -0.25) is 4.40 Å². The fraction of sp³-hybridized carbons (Fsp3) is 0.231. The van der Waals surface area contributed by atoms with E-state index in [0.717, 1.165) is 28.9 Å². The van der Waals surface area contributed by atoms with E-state index in [1.54, 1.807) is 0 Å². The Morgan fingerprint density at radius 2 is 2.12 bits per heavy atom. The summed E-state index contributed by atoms with van der Waals surface area (Å²) in [6, 6.07) is 8.18. The number of imidazole rings is 1. The summed E-state index contributed by atoms with van der Waals surface area (Å²) in [5, 5.41) is 0. The summed E-state index contributed by atoms with van der Waals surface area (Å²) in [6.07, 6.45) is 2.98. The predicted octanol–water partition coefficient (Wildman–Crippen LogP) is 2.75. The molecule has 0 N–H and O–H groups in total. The van der Waals surface area contributed by atoms with Crippen molar-refractivity contribution in [2.75, 3.05) is 0 Å². The lowest BCUT2D eigenvalue weighted by Gasteiger charge is -2.01. The topological polar surface area (TPSA) is 30.2 Å². The Kier molecular flexibility index (Phi) is 1.93. The van der Waals surface area contributed by atoms with Crippen LogP contribution in [0.4, 0.5) is 0 Å². The summed E-state index contributed by atoms with van der Waals surface area (Å²) >= 11 is 0. The second-order valence-electron chi connectivity index (χ2n) is 3.99. The Morgan fingerprint density at radius 3 is 2.94 bits per heavy atom. The van der Waals surface area contributed by atoms with Crippen LogP contribution in [0, 0.1) is 6.92 Å². The normalized spacial score (nSPS) is 11.4. The van der Waals surface area contributed by atoms with Crippen molar-refractivity contribution in [3.8, 4) is 0 Å². The van der Waals surface area contributed by atoms with Crippen molar-refractivity contribution in [1.82, 2.24) is 14.4 Å². The number of hydrogen-bond acceptors (Lipinski definition) is 2. The molecule has 0 saturated heterocycles. The van der Waals surface area contributed by atoms with Crippen LogP contribution in [0.5, 0.6) is 0 Å². The van der Waals surface area contributed by atoms with Gasteiger partial charge in [0.1, 0.15) is 5.65 Å². The molecule has 0 atom stereocenters. The lowest BCUT2D eigenvalue weighted by atomic mass is 10.2. The molecule has 16 heavy (non-hydrogen) atoms. The number of fused-ring (bicyclic) bond motifs is 3. The molecule has 0 amide bonds. The molecule has 3 heteroatoms. The van der Waals surface area contributed by atoms with Gasteiger partial charge in [-0.05, 0) is 37.1 Å². The van der Waals surface area contributed by atoms with Gasteiger partial charge < -0.3 is 0 Å². The summed E-state index contributed by atoms with van der Waals surface area (Å²) < 4.78 is 2.08. The van der Waals surface area contributed by atoms with Gasteiger partial charge in [0.2, 0.25) is 0 Å². The zero-order valence-electron chi connectivity index (χ0n) is 9.44. The maximum Gasteiger partial charge on any atom is 0.178 e. The van der Waals surface area contributed by atoms with E-state index >= 15 is 0 Å². The van der Waals surface area contributed by atoms with Crippen molar-refractivity contribution in [3.63, 3.8) is 0 Å². The number of aromatic nitrogens is 3. The SMILES string of the molecule is CCc1nc2nc3ccccn3c2cc1C. The molecule has 0 aliphatic carbocycles. The van der Waals surface area contributed by atoms with Crippen LogP contribution >= 0.6 is 0 Å². The minimum atomic E-state index is 0.841. The highest BCUT2D eigenvalue weighted by Gasteiger charge is 2.07. The molecule has 3 aromatic rings. The highest BCUT2D eigenvalue weighted by atomic mass is 15.0. The smallest absolute Gasteiger partial charge is 0.178 e. The van der Waals surface area contributed by atoms with Gasteiger partial charge in [-0.1, -0.05) is 13.0 Å². The molecule has 3 rings (SSSR count). The van der Waals surface area contributed by atoms with Gasteiger partial charge >= 0.3 is 0 Å². The molecule has 3 heterocycles. The van der Waals surface area contributed by atoms with Crippen LogP contribution in [0.1, 0.15) is 18.2 Å². The van der Waals surface area contributed by atoms with Crippen LogP contribution in [-0.2, 0) is 6.42 Å². The van der Waals surface area contributed by atoms with Gasteiger partial charge in [-0.25, -0.2) is 9.97 Å². The van der Waals surface area contributed by atoms with E-state index in [-0.39, 0.29) is 0 Å². The number of nitrogens with zero attached hydrogens (tertiary/aromatic N) is 3. The molecule has 0 bridgehead atoms. The van der Waals surface area contributed by atoms with E-state index in [1.165, 1.54) is 5.56 Å². The zero-order valence-corrected chi connectivity index (χ0v) is 9.44. The Bertz CT molecular complexity index is 667. The molecule has 80 valence electrons. The maximum atomic E-state index is 4.60. The monoisotopic (exact) mass is 211 g/mol. The first-order chi connectivity index (χ1) is 7.79. The lowest BCUT2D eigenvalue weighted by Crippen LogP contribution is -1.93. The van der Waals surface area contributed by atoms with Crippen LogP contribution < -0.4 is 0 Å². The van der Waals surface area contributed by atoms with Gasteiger partial charge in [0.25, 0.3) is 0 Å². The Balaban J connectivity index is 2.46. The van der Waals surface area contributed by atoms with E-state index in [9.17, 15) is 0 Å². The molecule has 0 unspecified atom stereocenters. The number of rotatable bonds is 1. The van der Waals surface area contributed by atoms with Gasteiger partial charge in [-0.15, -0.1) is 0 Å². The van der Waals surface area contributed by atoms with Crippen LogP contribution in [0.3, 0.4) is 0 Å². The van der Waals surface area contributed by atoms with Crippen molar-refractivity contribution in [1.29, 1.82) is 0 Å². The second kappa shape index (κ2) is 3.30. The summed E-state index contributed by atoms with van der Waals surface area (Å²) in [5.41, 5.74) is 5.26. The Hall–Kier alpha value is -1.90. The highest BCUT2D eigenvalue weighted by molar-refractivity contribution is 5.77. The van der Waals surface area contributed by atoms with E-state index in [0.29, 0.717) is 0 Å². The Labute approximate surface area is 93.8 Å². The molecule has 0 aliphatic heterocycles. The van der Waals surface area contributed by atoms with Crippen molar-refractivity contribution in [3.05, 3.63) is 41.7 Å². The van der Waals surface area contributed by atoms with E-state index in [2.05, 4.69) is 34.3 Å². The minimum absolute atomic E-state index is 0.841. The first-order valence-electron chi connectivity index (χ1n) is 5.53. The molecule has 0 saturated carbocycles. The standard InChI is InChI=1S/C13H13N3/c1-3-10-9(2)8-11-13(14-10)15-12-6-4-5-7-16(11)12/h4-8H,3H2,1-2H3. The molecular weight excluding hydrogens is 198 g/mol. The first kappa shape index (κ1) is 9.33. The van der Waals surface area contributed by atoms with E-state index < -0.39 is 0 Å². The summed E-state index contributed by atoms with van der Waals surface area (Å²) in [4.78, 5) is 9.12. The van der Waals surface area contributed by atoms with E-state index in [1.807, 2.05) is 24.4 Å². The molecule has 3 aromatic heterocycles. The van der Waals surface area contributed by atoms with Crippen LogP contribution in [0.2, 0.25) is 0 Å². The van der Waals surface area contributed by atoms with Crippen LogP contribution in [0.25, 0.3) is 16.8 Å². The summed E-state index contributed by atoms with van der Waals surface area (Å²) in [7, 11) is 0. The van der Waals surface area contributed by atoms with Gasteiger partial charge in [0.15, 0.2) is 5.65 Å². The minimum Gasteiger partial charge on any atom is -0.298 e. The van der Waals surface area contributed by atoms with Crippen molar-refractivity contribution >= 4 is 16.8 Å². The maximum absolute atomic E-state index is 4.60. The number of hydrogen-bond donors (Lipinski definition) is 0. The molecule has 0 aromatic carbocycles. The first-order valence-corrected chi connectivity index (χ1v) is 5.53. The Morgan fingerprint density at radius 1 is 1.25 bits per heavy atom. The van der Waals surface area contributed by atoms with Gasteiger partial charge in [-0.2, -0.15) is 0 Å². The molecular formula is C13H13N3. The summed E-state index contributed by atoms with van der Waals surface area (Å²) in [6.45, 7) is 4.23. The predicted molar refractivity (Wildman–Crippen MR) is 64.6 cm³/mol. The zero-order chi connectivity index (χ0) is 11.1. The van der Waals surface area contributed by atoms with E-state index in [4.69, 9.17) is 0 Å². The number of aryl methyl sites for hydroxylation is 2. The third kappa shape index (κ3) is 1.21. The molecule has 0 spiro atoms. The third-order valence-corrected chi connectivity index (χ3v) is 2.93. The lowest BCUT2D eigenvalue weighted by molar-refractivity contribution is 1.02. The van der Waals surface area contributed by atoms with Crippen LogP contribution in [0.15, 0.2) is 30.5 Å². The van der Waals surface area contributed by atoms with Crippen molar-refractivity contribution < 1.29 is 0 Å². The van der Waals surface area contributed by atoms with Crippen molar-refractivity contribution in [2.24, 2.45) is 0 Å². The van der Waals surface area contributed by atoms with Gasteiger partial charge in [0, 0.05) is 11.9 Å². The van der Waals surface area contributed by atoms with Gasteiger partial charge in [0.05, 0.1) is 5.52 Å². The fourth-order valence-corrected chi connectivity index (χ4v) is 2.08. The van der Waals surface area contributed by atoms with Crippen LogP contribution in [-0.4, -0.2) is 14.4 Å². The molecule has 0 radical (unpaired) electrons.